The van der Waals surface area contributed by atoms with Gasteiger partial charge >= 0.3 is 29.6 Å². The van der Waals surface area contributed by atoms with Crippen molar-refractivity contribution in [1.82, 2.24) is 0 Å². The van der Waals surface area contributed by atoms with Gasteiger partial charge in [0.25, 0.3) is 0 Å². The van der Waals surface area contributed by atoms with Crippen LogP contribution in [0.25, 0.3) is 6.15 Å². The normalized spacial score (nSPS) is 4.17. The van der Waals surface area contributed by atoms with E-state index in [0.717, 1.165) is 0 Å². The number of nitrogens with two attached hydrogens (primary N) is 2. The Morgan fingerprint density at radius 3 is 1.67 bits per heavy atom. The molecule has 0 aliphatic heterocycles. The van der Waals surface area contributed by atoms with Crippen LogP contribution in [-0.4, -0.2) is 4.32 Å². The molecule has 4 N–H and O–H groups in total. The molecular weight excluding hydrogens is 127 g/mol. The maximum atomic E-state index is 4.71. The van der Waals surface area contributed by atoms with Crippen LogP contribution < -0.4 is 35.3 Å². The third-order valence-electron chi connectivity index (χ3n) is 0. The quantitative estimate of drug-likeness (QED) is 0.225. The van der Waals surface area contributed by atoms with Crippen LogP contribution in [0.5, 0.6) is 0 Å². The summed E-state index contributed by atoms with van der Waals surface area (Å²) in [5.74, 6) is 0. The molecule has 32 valence electrons. The van der Waals surface area contributed by atoms with Crippen molar-refractivity contribution in [2.75, 3.05) is 0 Å². The fourth-order valence-corrected chi connectivity index (χ4v) is 0. The van der Waals surface area contributed by atoms with E-state index in [4.69, 9.17) is 5.73 Å². The molecule has 0 fully saturated rings. The monoisotopic (exact) mass is 132 g/mol. The van der Waals surface area contributed by atoms with Gasteiger partial charge in [0, 0.05) is 0 Å². The van der Waals surface area contributed by atoms with E-state index < -0.39 is 0 Å². The summed E-state index contributed by atoms with van der Waals surface area (Å²) >= 11 is 7.65. The molecule has 6 heavy (non-hydrogen) atoms. The summed E-state index contributed by atoms with van der Waals surface area (Å²) in [7, 11) is 0. The predicted octanol–water partition coefficient (Wildman–Crippen LogP) is -2.12. The van der Waals surface area contributed by atoms with E-state index in [9.17, 15) is 0 Å². The molecule has 0 aromatic rings. The van der Waals surface area contributed by atoms with Gasteiger partial charge in [-0.1, -0.05) is 12.2 Å². The van der Waals surface area contributed by atoms with Gasteiger partial charge in [-0.15, -0.1) is 12.6 Å². The zero-order chi connectivity index (χ0) is 3.58. The molecule has 0 aliphatic carbocycles. The Morgan fingerprint density at radius 1 is 1.67 bits per heavy atom. The number of thiocarbonyl (C=S) groups is 1. The summed E-state index contributed by atoms with van der Waals surface area (Å²) in [6.45, 7) is 0. The van der Waals surface area contributed by atoms with E-state index in [2.05, 4.69) is 24.8 Å². The van der Waals surface area contributed by atoms with Gasteiger partial charge in [-0.05, 0) is 0 Å². The minimum atomic E-state index is 0. The minimum Gasteiger partial charge on any atom is -0.693 e. The van der Waals surface area contributed by atoms with Crippen molar-refractivity contribution < 1.29 is 29.6 Å². The second-order valence-electron chi connectivity index (χ2n) is 0.338. The second kappa shape index (κ2) is 9.50. The summed E-state index contributed by atoms with van der Waals surface area (Å²) < 4.78 is 0.194. The van der Waals surface area contributed by atoms with Crippen LogP contribution >= 0.6 is 24.8 Å². The van der Waals surface area contributed by atoms with Crippen LogP contribution in [0.2, 0.25) is 0 Å². The van der Waals surface area contributed by atoms with Gasteiger partial charge in [0.1, 0.15) is 4.32 Å². The molecule has 0 spiro atoms. The second-order valence-corrected chi connectivity index (χ2v) is 1.56. The standard InChI is InChI=1S/CH3NS2.H2N.Na/c2-1(3)4;;/h(H3,2,3,4);1H2;/q;-1;+1. The smallest absolute Gasteiger partial charge is 0.693 e. The first-order valence-electron chi connectivity index (χ1n) is 0.716. The van der Waals surface area contributed by atoms with Gasteiger partial charge in [0.2, 0.25) is 0 Å². The molecule has 0 unspecified atom stereocenters. The number of hydrogen-bond donors (Lipinski definition) is 2. The van der Waals surface area contributed by atoms with Crippen LogP contribution in [0, 0.1) is 0 Å². The van der Waals surface area contributed by atoms with Crippen LogP contribution in [-0.2, 0) is 0 Å². The third-order valence-corrected chi connectivity index (χ3v) is 0. The predicted molar refractivity (Wildman–Crippen MR) is 31.1 cm³/mol. The van der Waals surface area contributed by atoms with Gasteiger partial charge in [0.15, 0.2) is 0 Å². The van der Waals surface area contributed by atoms with E-state index >= 15 is 0 Å². The largest absolute Gasteiger partial charge is 1.00 e. The van der Waals surface area contributed by atoms with E-state index in [1.54, 1.807) is 0 Å². The molecule has 0 aliphatic rings. The van der Waals surface area contributed by atoms with Gasteiger partial charge in [-0.3, -0.25) is 0 Å². The van der Waals surface area contributed by atoms with Crippen LogP contribution in [0.15, 0.2) is 0 Å². The van der Waals surface area contributed by atoms with Crippen molar-refractivity contribution in [3.63, 3.8) is 0 Å². The Morgan fingerprint density at radius 2 is 1.67 bits per heavy atom. The van der Waals surface area contributed by atoms with Crippen molar-refractivity contribution in [2.24, 2.45) is 5.73 Å². The Kier molecular flexibility index (Phi) is 24.9. The minimum absolute atomic E-state index is 0. The average molecular weight is 132 g/mol. The third kappa shape index (κ3) is 63.7. The SMILES string of the molecule is NC(=S)S.[NH2-].[Na+]. The summed E-state index contributed by atoms with van der Waals surface area (Å²) in [6.07, 6.45) is 0. The molecule has 0 aromatic heterocycles. The van der Waals surface area contributed by atoms with Gasteiger partial charge in [-0.25, -0.2) is 0 Å². The van der Waals surface area contributed by atoms with Crippen molar-refractivity contribution in [3.05, 3.63) is 6.15 Å². The maximum Gasteiger partial charge on any atom is 1.00 e. The Balaban J connectivity index is -0.0000000450. The van der Waals surface area contributed by atoms with E-state index in [0.29, 0.717) is 0 Å². The average Bonchev–Trinajstić information content (AvgIpc) is 0.811. The van der Waals surface area contributed by atoms with E-state index in [-0.39, 0.29) is 40.0 Å². The Bertz CT molecular complexity index is 34.5. The molecule has 0 saturated carbocycles. The topological polar surface area (TPSA) is 59.5 Å². The molecule has 5 heteroatoms. The first kappa shape index (κ1) is 15.7. The number of thiol groups is 1. The van der Waals surface area contributed by atoms with E-state index in [1.165, 1.54) is 0 Å². The fourth-order valence-electron chi connectivity index (χ4n) is 0. The Hall–Kier alpha value is 1.20. The summed E-state index contributed by atoms with van der Waals surface area (Å²) in [5, 5.41) is 0. The summed E-state index contributed by atoms with van der Waals surface area (Å²) in [4.78, 5) is 0. The van der Waals surface area contributed by atoms with Crippen molar-refractivity contribution in [3.8, 4) is 0 Å². The molecule has 0 amide bonds. The van der Waals surface area contributed by atoms with Crippen LogP contribution in [0.3, 0.4) is 0 Å². The van der Waals surface area contributed by atoms with E-state index in [1.807, 2.05) is 0 Å². The zero-order valence-corrected chi connectivity index (χ0v) is 7.22. The van der Waals surface area contributed by atoms with Gasteiger partial charge < -0.3 is 11.9 Å². The number of hydrogen-bond acceptors (Lipinski definition) is 1. The van der Waals surface area contributed by atoms with Crippen LogP contribution in [0.4, 0.5) is 0 Å². The van der Waals surface area contributed by atoms with Gasteiger partial charge in [-0.2, -0.15) is 0 Å². The van der Waals surface area contributed by atoms with Crippen LogP contribution in [0.1, 0.15) is 0 Å². The molecule has 0 rings (SSSR count). The molecule has 0 heterocycles. The Labute approximate surface area is 70.1 Å². The molecule has 0 aromatic carbocycles. The fraction of sp³-hybridized carbons (Fsp3) is 0. The molecule has 0 saturated heterocycles. The van der Waals surface area contributed by atoms with Gasteiger partial charge in [0.05, 0.1) is 0 Å². The molecule has 2 nitrogen and oxygen atoms in total. The molecule has 0 atom stereocenters. The first-order valence-corrected chi connectivity index (χ1v) is 1.57. The molecule has 0 radical (unpaired) electrons. The zero-order valence-electron chi connectivity index (χ0n) is 3.51. The van der Waals surface area contributed by atoms with Crippen molar-refractivity contribution >= 4 is 29.2 Å². The first-order chi connectivity index (χ1) is 1.73. The van der Waals surface area contributed by atoms with Crippen molar-refractivity contribution in [1.29, 1.82) is 0 Å². The summed E-state index contributed by atoms with van der Waals surface area (Å²) in [5.41, 5.74) is 4.71. The molecular formula is CH5N2NaS2. The van der Waals surface area contributed by atoms with Crippen molar-refractivity contribution in [2.45, 2.75) is 0 Å². The maximum absolute atomic E-state index is 4.71. The molecule has 0 bridgehead atoms. The summed E-state index contributed by atoms with van der Waals surface area (Å²) in [6, 6.07) is 0. The number of rotatable bonds is 0.